The number of fused-ring (bicyclic) bond motifs is 2. The molecule has 16 nitrogen and oxygen atoms in total. The molecule has 2 aliphatic heterocycles. The summed E-state index contributed by atoms with van der Waals surface area (Å²) in [5.74, 6) is 4.56. The van der Waals surface area contributed by atoms with Crippen molar-refractivity contribution in [3.63, 3.8) is 0 Å². The van der Waals surface area contributed by atoms with Crippen LogP contribution in [0.2, 0.25) is 0 Å². The van der Waals surface area contributed by atoms with Crippen LogP contribution in [0.15, 0.2) is 133 Å². The largest absolute Gasteiger partial charge is 0.508 e. The van der Waals surface area contributed by atoms with Gasteiger partial charge in [0.25, 0.3) is 0 Å². The second-order valence-corrected chi connectivity index (χ2v) is 27.0. The Morgan fingerprint density at radius 2 is 0.768 bits per heavy atom. The highest BCUT2D eigenvalue weighted by molar-refractivity contribution is 7.87. The monoisotopic (exact) mass is 1230 g/mol. The summed E-state index contributed by atoms with van der Waals surface area (Å²) in [7, 11) is -10.9. The van der Waals surface area contributed by atoms with E-state index in [0.29, 0.717) is 36.2 Å². The van der Waals surface area contributed by atoms with Crippen LogP contribution in [-0.2, 0) is 30.4 Å². The molecule has 2 aromatic heterocycles. The Kier molecular flexibility index (Phi) is 21.3. The van der Waals surface area contributed by atoms with Crippen LogP contribution >= 0.6 is 35.1 Å². The normalized spacial score (nSPS) is 14.3. The number of benzene rings is 6. The Bertz CT molecular complexity index is 3720. The molecular weight excluding hydrogens is 1170 g/mol. The van der Waals surface area contributed by atoms with Gasteiger partial charge in [-0.25, -0.2) is 0 Å². The summed E-state index contributed by atoms with van der Waals surface area (Å²) >= 11 is 2.90. The van der Waals surface area contributed by atoms with Crippen molar-refractivity contribution in [2.24, 2.45) is 0 Å². The first kappa shape index (κ1) is 61.8. The van der Waals surface area contributed by atoms with Gasteiger partial charge in [-0.3, -0.25) is 9.80 Å². The van der Waals surface area contributed by atoms with Gasteiger partial charge in [-0.05, 0) is 217 Å². The minimum Gasteiger partial charge on any atom is -0.508 e. The predicted molar refractivity (Wildman–Crippen MR) is 328 cm³/mol. The summed E-state index contributed by atoms with van der Waals surface area (Å²) in [5.41, 5.74) is 1.62. The van der Waals surface area contributed by atoms with E-state index in [2.05, 4.69) is 9.80 Å². The lowest BCUT2D eigenvalue weighted by atomic mass is 10.1. The molecule has 0 aliphatic carbocycles. The maximum Gasteiger partial charge on any atom is 0.308 e. The molecule has 22 heteroatoms. The van der Waals surface area contributed by atoms with Gasteiger partial charge in [0, 0.05) is 33.3 Å². The van der Waals surface area contributed by atoms with Crippen LogP contribution < -0.4 is 31.5 Å². The number of rotatable bonds is 23. The number of hydrogen-bond donors (Lipinski definition) is 1. The smallest absolute Gasteiger partial charge is 0.308 e. The number of phenolic OH excluding ortho intramolecular Hbond substituents is 1. The average Bonchev–Trinajstić information content (AvgIpc) is 3.63. The molecule has 4 heterocycles. The number of aromatic hydroxyl groups is 1. The fraction of sp³-hybridized carbons (Fsp3) is 0.333. The first-order valence-electron chi connectivity index (χ1n) is 27.1. The maximum atomic E-state index is 12.1. The molecule has 0 atom stereocenters. The molecule has 0 unspecified atom stereocenters. The van der Waals surface area contributed by atoms with E-state index in [4.69, 9.17) is 31.5 Å². The van der Waals surface area contributed by atoms with E-state index in [0.717, 1.165) is 91.8 Å². The zero-order chi connectivity index (χ0) is 57.0. The molecular formula is C60H67ClN2O14S5. The molecule has 2 fully saturated rings. The van der Waals surface area contributed by atoms with E-state index in [1.54, 1.807) is 78.9 Å². The van der Waals surface area contributed by atoms with Crippen molar-refractivity contribution in [2.45, 2.75) is 59.3 Å². The Morgan fingerprint density at radius 1 is 0.427 bits per heavy atom. The van der Waals surface area contributed by atoms with Gasteiger partial charge in [0.15, 0.2) is 11.5 Å². The summed E-state index contributed by atoms with van der Waals surface area (Å²) in [5, 5.41) is 11.7. The molecule has 10 rings (SSSR count). The summed E-state index contributed by atoms with van der Waals surface area (Å²) < 4.78 is 113. The molecule has 0 amide bonds. The van der Waals surface area contributed by atoms with E-state index in [1.165, 1.54) is 82.0 Å². The first-order valence-corrected chi connectivity index (χ1v) is 33.5. The summed E-state index contributed by atoms with van der Waals surface area (Å²) in [6, 6.07) is 38.8. The van der Waals surface area contributed by atoms with Crippen molar-refractivity contribution in [1.29, 1.82) is 0 Å². The van der Waals surface area contributed by atoms with Crippen LogP contribution in [0.4, 0.5) is 0 Å². The first-order chi connectivity index (χ1) is 39.0. The zero-order valence-corrected chi connectivity index (χ0v) is 50.7. The molecule has 6 aromatic carbocycles. The number of likely N-dealkylation sites (tertiary alicyclic amines) is 2. The highest BCUT2D eigenvalue weighted by Crippen LogP contribution is 2.49. The van der Waals surface area contributed by atoms with Gasteiger partial charge in [0.1, 0.15) is 59.2 Å². The van der Waals surface area contributed by atoms with Crippen LogP contribution in [0.3, 0.4) is 0 Å². The number of phenols is 1. The SMILES string of the molecule is CCS(=O)(=O)Oc1ccc(-c2sc3cc(O)ccc3c2Oc2ccc(OCCN3CCCCC3)cc2)cc1.CCS(=O)(=O)Oc1ccc(-c2sc3cc(OS(=O)(=O)CC)ccc3c2Oc2ccc(OCCN3CCCCC3)cc2)cc1.Cl. The molecule has 0 saturated carbocycles. The van der Waals surface area contributed by atoms with Gasteiger partial charge in [0.05, 0.1) is 27.0 Å². The van der Waals surface area contributed by atoms with E-state index in [1.807, 2.05) is 54.6 Å². The summed E-state index contributed by atoms with van der Waals surface area (Å²) in [4.78, 5) is 6.51. The van der Waals surface area contributed by atoms with Crippen LogP contribution in [-0.4, -0.2) is 110 Å². The molecule has 2 aliphatic rings. The number of halogens is 1. The van der Waals surface area contributed by atoms with Crippen LogP contribution in [0.5, 0.6) is 57.5 Å². The van der Waals surface area contributed by atoms with Gasteiger partial charge in [-0.2, -0.15) is 25.3 Å². The zero-order valence-electron chi connectivity index (χ0n) is 45.8. The summed E-state index contributed by atoms with van der Waals surface area (Å²) in [6.45, 7) is 12.2. The van der Waals surface area contributed by atoms with Crippen molar-refractivity contribution in [3.8, 4) is 78.4 Å². The van der Waals surface area contributed by atoms with Gasteiger partial charge in [-0.15, -0.1) is 35.1 Å². The number of nitrogens with zero attached hydrogens (tertiary/aromatic N) is 2. The van der Waals surface area contributed by atoms with Crippen molar-refractivity contribution >= 4 is 85.6 Å². The van der Waals surface area contributed by atoms with Gasteiger partial charge >= 0.3 is 30.4 Å². The lowest BCUT2D eigenvalue weighted by molar-refractivity contribution is 0.183. The van der Waals surface area contributed by atoms with Crippen molar-refractivity contribution in [3.05, 3.63) is 133 Å². The van der Waals surface area contributed by atoms with E-state index >= 15 is 0 Å². The molecule has 0 spiro atoms. The number of thiophene rings is 2. The van der Waals surface area contributed by atoms with Crippen LogP contribution in [0, 0.1) is 0 Å². The fourth-order valence-electron chi connectivity index (χ4n) is 9.08. The van der Waals surface area contributed by atoms with Gasteiger partial charge < -0.3 is 36.6 Å². The standard InChI is InChI=1S/C31H35NO8S3.C29H31NO6S2.ClH/c1-3-42(33,34)39-26-10-8-23(9-11-26)31-30(28-17-16-27(22-29(28)41-31)40-43(35,36)4-2)38-25-14-12-24(13-15-25)37-21-20-32-18-6-5-7-19-32;1-2-38(32,33)36-25-9-6-21(7-10-25)29-28(26-15-8-22(31)20-27(26)37-29)35-24-13-11-23(12-14-24)34-19-18-30-16-4-3-5-17-30;/h8-17,22H,3-7,18-21H2,1-2H3;6-15,20,31H,2-5,16-19H2,1H3;1H. The van der Waals surface area contributed by atoms with Crippen molar-refractivity contribution in [2.75, 3.05) is 69.7 Å². The second-order valence-electron chi connectivity index (χ2n) is 19.3. The molecule has 82 heavy (non-hydrogen) atoms. The van der Waals surface area contributed by atoms with Crippen molar-refractivity contribution in [1.82, 2.24) is 9.80 Å². The van der Waals surface area contributed by atoms with E-state index < -0.39 is 30.4 Å². The quantitative estimate of drug-likeness (QED) is 0.0594. The topological polar surface area (TPSA) is 194 Å². The Hall–Kier alpha value is -6.30. The number of hydrogen-bond acceptors (Lipinski definition) is 18. The maximum absolute atomic E-state index is 12.1. The highest BCUT2D eigenvalue weighted by Gasteiger charge is 2.22. The molecule has 1 N–H and O–H groups in total. The van der Waals surface area contributed by atoms with Gasteiger partial charge in [0.2, 0.25) is 0 Å². The molecule has 0 radical (unpaired) electrons. The molecule has 2 saturated heterocycles. The lowest BCUT2D eigenvalue weighted by Gasteiger charge is -2.26. The molecule has 0 bridgehead atoms. The third-order valence-electron chi connectivity index (χ3n) is 13.5. The minimum atomic E-state index is -3.69. The summed E-state index contributed by atoms with van der Waals surface area (Å²) in [6.07, 6.45) is 7.66. The van der Waals surface area contributed by atoms with Crippen LogP contribution in [0.25, 0.3) is 41.1 Å². The molecule has 8 aromatic rings. The van der Waals surface area contributed by atoms with E-state index in [9.17, 15) is 30.4 Å². The number of piperidine rings is 2. The van der Waals surface area contributed by atoms with Crippen molar-refractivity contribution < 1.29 is 61.9 Å². The third kappa shape index (κ3) is 16.9. The second kappa shape index (κ2) is 28.3. The van der Waals surface area contributed by atoms with Gasteiger partial charge in [-0.1, -0.05) is 12.8 Å². The Labute approximate surface area is 494 Å². The third-order valence-corrected chi connectivity index (χ3v) is 19.4. The Balaban J connectivity index is 0.000000214. The number of ether oxygens (including phenoxy) is 4. The fourth-order valence-corrected chi connectivity index (χ4v) is 13.0. The highest BCUT2D eigenvalue weighted by atomic mass is 35.5. The predicted octanol–water partition coefficient (Wildman–Crippen LogP) is 13.8. The average molecular weight is 1240 g/mol. The minimum absolute atomic E-state index is 0. The van der Waals surface area contributed by atoms with E-state index in [-0.39, 0.29) is 52.7 Å². The molecule has 438 valence electrons. The Morgan fingerprint density at radius 3 is 1.17 bits per heavy atom. The van der Waals surface area contributed by atoms with Crippen LogP contribution in [0.1, 0.15) is 59.3 Å². The lowest BCUT2D eigenvalue weighted by Crippen LogP contribution is -2.33.